The molecule has 5 fully saturated rings. The zero-order valence-corrected chi connectivity index (χ0v) is 34.3. The van der Waals surface area contributed by atoms with Crippen LogP contribution in [-0.4, -0.2) is 131 Å². The number of nitrogens with one attached hydrogen (secondary N) is 2. The van der Waals surface area contributed by atoms with Gasteiger partial charge in [-0.1, -0.05) is 50.5 Å². The van der Waals surface area contributed by atoms with Crippen LogP contribution in [0, 0.1) is 17.2 Å². The van der Waals surface area contributed by atoms with E-state index in [-0.39, 0.29) is 52.4 Å². The summed E-state index contributed by atoms with van der Waals surface area (Å²) in [5.41, 5.74) is 0.716. The molecule has 1 unspecified atom stereocenters. The normalized spacial score (nSPS) is 21.4. The van der Waals surface area contributed by atoms with Crippen molar-refractivity contribution in [3.8, 4) is 0 Å². The van der Waals surface area contributed by atoms with Crippen molar-refractivity contribution in [1.82, 2.24) is 35.1 Å². The summed E-state index contributed by atoms with van der Waals surface area (Å²) >= 11 is 0. The van der Waals surface area contributed by atoms with Gasteiger partial charge in [0.1, 0.15) is 11.9 Å². The van der Waals surface area contributed by atoms with Gasteiger partial charge in [-0.25, -0.2) is 9.49 Å². The standard InChI is InChI=1S/C45H58FN7O6/c1-45(17-18-45)44(58)47-40(31-7-3-2-4-8-31)43(57)52-21-15-33(16-22-52)59-32-13-19-50(20-14-32)29-39(54)51-23-25-53(26-24-51)42(56)36-27-30(11-12-37(36)46)28-38-34-9-5-6-10-35(34)41(55)49-48-38/h5-6,9-12,27,31-33,40H,2-4,7-8,13-26,28-29H2,1H3,(H,47,58)(H,49,55). The highest BCUT2D eigenvalue weighted by atomic mass is 19.1. The Kier molecular flexibility index (Phi) is 12.4. The Morgan fingerprint density at radius 3 is 2.15 bits per heavy atom. The summed E-state index contributed by atoms with van der Waals surface area (Å²) < 4.78 is 21.6. The fourth-order valence-electron chi connectivity index (χ4n) is 9.43. The third-order valence-electron chi connectivity index (χ3n) is 13.6. The molecule has 2 N–H and O–H groups in total. The number of ether oxygens (including phenoxy) is 1. The minimum atomic E-state index is -0.604. The van der Waals surface area contributed by atoms with Crippen molar-refractivity contribution >= 4 is 34.4 Å². The summed E-state index contributed by atoms with van der Waals surface area (Å²) in [6, 6.07) is 11.2. The van der Waals surface area contributed by atoms with Crippen LogP contribution in [0.1, 0.15) is 99.2 Å². The first-order chi connectivity index (χ1) is 28.5. The number of nitrogens with zero attached hydrogens (tertiary/aromatic N) is 5. The minimum absolute atomic E-state index is 0.0212. The molecule has 5 aliphatic rings. The predicted octanol–water partition coefficient (Wildman–Crippen LogP) is 4.27. The molecule has 316 valence electrons. The van der Waals surface area contributed by atoms with E-state index in [0.29, 0.717) is 74.3 Å². The molecular formula is C45H58FN7O6. The lowest BCUT2D eigenvalue weighted by Gasteiger charge is -2.40. The average Bonchev–Trinajstić information content (AvgIpc) is 4.03. The Balaban J connectivity index is 0.758. The molecule has 3 aliphatic heterocycles. The molecule has 2 saturated carbocycles. The number of carbonyl (C=O) groups excluding carboxylic acids is 4. The number of aromatic nitrogens is 2. The largest absolute Gasteiger partial charge is 0.375 e. The van der Waals surface area contributed by atoms with Crippen molar-refractivity contribution in [3.05, 3.63) is 75.5 Å². The van der Waals surface area contributed by atoms with Crippen molar-refractivity contribution in [2.75, 3.05) is 58.9 Å². The Morgan fingerprint density at radius 1 is 0.831 bits per heavy atom. The lowest BCUT2D eigenvalue weighted by Crippen LogP contribution is -2.56. The number of likely N-dealkylation sites (tertiary alicyclic amines) is 2. The van der Waals surface area contributed by atoms with Gasteiger partial charge in [0.05, 0.1) is 35.4 Å². The molecule has 0 radical (unpaired) electrons. The van der Waals surface area contributed by atoms with Crippen LogP contribution >= 0.6 is 0 Å². The summed E-state index contributed by atoms with van der Waals surface area (Å²) in [6.45, 7) is 6.50. The quantitative estimate of drug-likeness (QED) is 0.292. The monoisotopic (exact) mass is 811 g/mol. The molecule has 8 rings (SSSR count). The predicted molar refractivity (Wildman–Crippen MR) is 220 cm³/mol. The highest BCUT2D eigenvalue weighted by Gasteiger charge is 2.47. The minimum Gasteiger partial charge on any atom is -0.375 e. The number of amides is 4. The number of aromatic amines is 1. The van der Waals surface area contributed by atoms with Crippen LogP contribution in [-0.2, 0) is 25.5 Å². The second kappa shape index (κ2) is 17.9. The van der Waals surface area contributed by atoms with E-state index in [1.54, 1.807) is 34.1 Å². The third kappa shape index (κ3) is 9.54. The Bertz CT molecular complexity index is 2080. The number of hydrogen-bond donors (Lipinski definition) is 2. The first-order valence-electron chi connectivity index (χ1n) is 21.8. The number of fused-ring (bicyclic) bond motifs is 1. The van der Waals surface area contributed by atoms with Crippen molar-refractivity contribution in [1.29, 1.82) is 0 Å². The summed E-state index contributed by atoms with van der Waals surface area (Å²) in [4.78, 5) is 73.4. The van der Waals surface area contributed by atoms with Gasteiger partial charge in [-0.05, 0) is 81.0 Å². The van der Waals surface area contributed by atoms with Crippen molar-refractivity contribution in [2.45, 2.75) is 102 Å². The number of benzene rings is 2. The summed E-state index contributed by atoms with van der Waals surface area (Å²) in [5.74, 6) is -0.670. The van der Waals surface area contributed by atoms with Crippen LogP contribution in [0.5, 0.6) is 0 Å². The number of hydrogen-bond acceptors (Lipinski definition) is 8. The number of piperidine rings is 2. The van der Waals surface area contributed by atoms with E-state index < -0.39 is 17.8 Å². The molecule has 4 heterocycles. The maximum Gasteiger partial charge on any atom is 0.272 e. The molecule has 1 atom stereocenters. The molecule has 14 heteroatoms. The highest BCUT2D eigenvalue weighted by molar-refractivity contribution is 5.95. The Hall–Kier alpha value is -4.69. The fraction of sp³-hybridized carbons (Fsp3) is 0.600. The number of piperazine rings is 1. The number of rotatable bonds is 11. The van der Waals surface area contributed by atoms with Gasteiger partial charge in [0.2, 0.25) is 17.7 Å². The van der Waals surface area contributed by atoms with E-state index in [9.17, 15) is 24.0 Å². The maximum atomic E-state index is 15.0. The third-order valence-corrected chi connectivity index (χ3v) is 13.6. The molecule has 0 spiro atoms. The van der Waals surface area contributed by atoms with Gasteiger partial charge in [0.25, 0.3) is 11.5 Å². The van der Waals surface area contributed by atoms with Gasteiger partial charge in [0.15, 0.2) is 0 Å². The van der Waals surface area contributed by atoms with E-state index in [0.717, 1.165) is 77.3 Å². The van der Waals surface area contributed by atoms with E-state index >= 15 is 4.39 Å². The summed E-state index contributed by atoms with van der Waals surface area (Å²) in [6.07, 6.45) is 11.0. The zero-order valence-electron chi connectivity index (χ0n) is 34.3. The molecule has 3 aromatic rings. The number of carbonyl (C=O) groups is 4. The Labute approximate surface area is 345 Å². The van der Waals surface area contributed by atoms with Gasteiger partial charge in [0, 0.05) is 69.6 Å². The molecule has 59 heavy (non-hydrogen) atoms. The van der Waals surface area contributed by atoms with E-state index in [1.807, 2.05) is 24.0 Å². The topological polar surface area (TPSA) is 148 Å². The number of H-pyrrole nitrogens is 1. The molecule has 1 aromatic heterocycles. The highest BCUT2D eigenvalue weighted by Crippen LogP contribution is 2.45. The Morgan fingerprint density at radius 2 is 1.47 bits per heavy atom. The molecule has 2 aliphatic carbocycles. The second-order valence-electron chi connectivity index (χ2n) is 17.8. The number of halogens is 1. The van der Waals surface area contributed by atoms with Crippen LogP contribution in [0.2, 0.25) is 0 Å². The van der Waals surface area contributed by atoms with Crippen molar-refractivity contribution in [3.63, 3.8) is 0 Å². The van der Waals surface area contributed by atoms with Gasteiger partial charge in [-0.3, -0.25) is 28.9 Å². The van der Waals surface area contributed by atoms with E-state index in [2.05, 4.69) is 20.4 Å². The maximum absolute atomic E-state index is 15.0. The van der Waals surface area contributed by atoms with Crippen LogP contribution in [0.25, 0.3) is 10.8 Å². The van der Waals surface area contributed by atoms with Crippen LogP contribution < -0.4 is 10.9 Å². The van der Waals surface area contributed by atoms with Gasteiger partial charge in [-0.2, -0.15) is 5.10 Å². The van der Waals surface area contributed by atoms with Crippen molar-refractivity contribution in [2.24, 2.45) is 11.3 Å². The van der Waals surface area contributed by atoms with E-state index in [4.69, 9.17) is 4.74 Å². The smallest absolute Gasteiger partial charge is 0.272 e. The van der Waals surface area contributed by atoms with Crippen LogP contribution in [0.3, 0.4) is 0 Å². The van der Waals surface area contributed by atoms with Crippen LogP contribution in [0.15, 0.2) is 47.3 Å². The first-order valence-corrected chi connectivity index (χ1v) is 21.8. The van der Waals surface area contributed by atoms with Gasteiger partial charge >= 0.3 is 0 Å². The molecule has 0 bridgehead atoms. The molecule has 4 amide bonds. The fourth-order valence-corrected chi connectivity index (χ4v) is 9.43. The SMILES string of the molecule is CC1(C(=O)NC(C(=O)N2CCC(OC3CCN(CC(=O)N4CCN(C(=O)c5cc(Cc6n[nH]c(=O)c7ccccc67)ccc5F)CC4)CC3)CC2)C2CCCCC2)CC1. The van der Waals surface area contributed by atoms with Crippen LogP contribution in [0.4, 0.5) is 4.39 Å². The van der Waals surface area contributed by atoms with E-state index in [1.165, 1.54) is 12.5 Å². The zero-order chi connectivity index (χ0) is 41.1. The van der Waals surface area contributed by atoms with Crippen molar-refractivity contribution < 1.29 is 28.3 Å². The molecule has 2 aromatic carbocycles. The second-order valence-corrected chi connectivity index (χ2v) is 17.8. The average molecular weight is 812 g/mol. The summed E-state index contributed by atoms with van der Waals surface area (Å²) in [7, 11) is 0. The lowest BCUT2D eigenvalue weighted by atomic mass is 9.82. The van der Waals surface area contributed by atoms with Gasteiger partial charge in [-0.15, -0.1) is 0 Å². The lowest BCUT2D eigenvalue weighted by molar-refractivity contribution is -0.143. The molecular weight excluding hydrogens is 754 g/mol. The molecule has 13 nitrogen and oxygen atoms in total. The first kappa shape index (κ1) is 41.1. The molecule has 3 saturated heterocycles. The summed E-state index contributed by atoms with van der Waals surface area (Å²) in [5, 5.41) is 11.2. The van der Waals surface area contributed by atoms with Gasteiger partial charge < -0.3 is 24.8 Å².